The number of oxazole rings is 1. The molecule has 108 valence electrons. The lowest BCUT2D eigenvalue weighted by atomic mass is 10.1. The first-order valence-electron chi connectivity index (χ1n) is 6.45. The summed E-state index contributed by atoms with van der Waals surface area (Å²) in [5.41, 5.74) is 2.27. The molecule has 0 N–H and O–H groups in total. The summed E-state index contributed by atoms with van der Waals surface area (Å²) in [4.78, 5) is 2.32. The van der Waals surface area contributed by atoms with E-state index in [-0.39, 0.29) is 29.5 Å². The summed E-state index contributed by atoms with van der Waals surface area (Å²) in [5, 5.41) is 1.26. The van der Waals surface area contributed by atoms with Crippen molar-refractivity contribution in [2.24, 2.45) is 7.05 Å². The van der Waals surface area contributed by atoms with Gasteiger partial charge >= 0.3 is 5.89 Å². The highest BCUT2D eigenvalue weighted by atomic mass is 127. The van der Waals surface area contributed by atoms with E-state index in [0.717, 1.165) is 22.7 Å². The molecule has 0 aliphatic carbocycles. The Morgan fingerprint density at radius 3 is 2.65 bits per heavy atom. The van der Waals surface area contributed by atoms with E-state index >= 15 is 0 Å². The second kappa shape index (κ2) is 5.60. The van der Waals surface area contributed by atoms with Gasteiger partial charge in [0.05, 0.1) is 11.1 Å². The van der Waals surface area contributed by atoms with E-state index in [9.17, 15) is 0 Å². The summed E-state index contributed by atoms with van der Waals surface area (Å²) in [6, 6.07) is 8.12. The maximum Gasteiger partial charge on any atom is 0.376 e. The molecule has 1 aliphatic rings. The molecule has 5 heteroatoms. The smallest absolute Gasteiger partial charge is 0.376 e. The van der Waals surface area contributed by atoms with Crippen LogP contribution in [0.1, 0.15) is 19.7 Å². The van der Waals surface area contributed by atoms with Gasteiger partial charge in [-0.25, -0.2) is 0 Å². The molecule has 3 nitrogen and oxygen atoms in total. The van der Waals surface area contributed by atoms with Gasteiger partial charge in [0.2, 0.25) is 5.58 Å². The summed E-state index contributed by atoms with van der Waals surface area (Å²) >= 11 is 1.88. The standard InChI is InChI=1S/C15H19N2OS.HI/c1-15(2)10-19-14(17(15)4)9-13-16(3)11-7-5-6-8-12(11)18-13;/h5-9H,10H2,1-4H3;1H/q+1;/p-1. The summed E-state index contributed by atoms with van der Waals surface area (Å²) in [6.07, 6.45) is 2.14. The number of nitrogens with zero attached hydrogens (tertiary/aromatic N) is 2. The Labute approximate surface area is 141 Å². The minimum absolute atomic E-state index is 0. The van der Waals surface area contributed by atoms with Crippen molar-refractivity contribution in [3.05, 3.63) is 35.2 Å². The van der Waals surface area contributed by atoms with Gasteiger partial charge < -0.3 is 33.3 Å². The second-order valence-corrected chi connectivity index (χ2v) is 6.61. The Bertz CT molecular complexity index is 663. The molecule has 2 aromatic rings. The number of hydrogen-bond acceptors (Lipinski definition) is 3. The molecule has 1 aromatic carbocycles. The molecule has 2 heterocycles. The monoisotopic (exact) mass is 402 g/mol. The van der Waals surface area contributed by atoms with E-state index in [1.54, 1.807) is 0 Å². The van der Waals surface area contributed by atoms with Crippen molar-refractivity contribution in [2.45, 2.75) is 19.4 Å². The lowest BCUT2D eigenvalue weighted by Gasteiger charge is -2.28. The van der Waals surface area contributed by atoms with E-state index in [1.807, 2.05) is 37.0 Å². The highest BCUT2D eigenvalue weighted by Crippen LogP contribution is 2.38. The van der Waals surface area contributed by atoms with Gasteiger partial charge in [-0.1, -0.05) is 12.1 Å². The number of fused-ring (bicyclic) bond motifs is 1. The Morgan fingerprint density at radius 2 is 2.05 bits per heavy atom. The zero-order valence-corrected chi connectivity index (χ0v) is 15.2. The molecular weight excluding hydrogens is 383 g/mol. The molecule has 0 saturated carbocycles. The first kappa shape index (κ1) is 15.7. The number of hydrogen-bond donors (Lipinski definition) is 0. The minimum Gasteiger partial charge on any atom is -1.00 e. The molecular formula is C15H19IN2OS. The summed E-state index contributed by atoms with van der Waals surface area (Å²) < 4.78 is 8.02. The largest absolute Gasteiger partial charge is 1.00 e. The highest BCUT2D eigenvalue weighted by Gasteiger charge is 2.34. The Morgan fingerprint density at radius 1 is 1.35 bits per heavy atom. The van der Waals surface area contributed by atoms with E-state index in [0.29, 0.717) is 0 Å². The zero-order chi connectivity index (χ0) is 13.6. The molecule has 1 saturated heterocycles. The van der Waals surface area contributed by atoms with Crippen LogP contribution in [0.15, 0.2) is 33.7 Å². The number of benzene rings is 1. The van der Waals surface area contributed by atoms with Gasteiger partial charge in [0, 0.05) is 24.4 Å². The van der Waals surface area contributed by atoms with Gasteiger partial charge in [-0.2, -0.15) is 4.57 Å². The third kappa shape index (κ3) is 2.57. The van der Waals surface area contributed by atoms with Crippen molar-refractivity contribution < 1.29 is 33.0 Å². The van der Waals surface area contributed by atoms with Crippen molar-refractivity contribution in [1.82, 2.24) is 4.90 Å². The van der Waals surface area contributed by atoms with Gasteiger partial charge in [0.25, 0.3) is 5.52 Å². The molecule has 0 unspecified atom stereocenters. The highest BCUT2D eigenvalue weighted by molar-refractivity contribution is 8.03. The van der Waals surface area contributed by atoms with Crippen molar-refractivity contribution in [2.75, 3.05) is 12.8 Å². The van der Waals surface area contributed by atoms with Crippen LogP contribution in [0.4, 0.5) is 0 Å². The quantitative estimate of drug-likeness (QED) is 0.496. The van der Waals surface area contributed by atoms with E-state index < -0.39 is 0 Å². The lowest BCUT2D eigenvalue weighted by Crippen LogP contribution is -3.00. The van der Waals surface area contributed by atoms with Gasteiger partial charge in [-0.05, 0) is 19.9 Å². The molecule has 0 radical (unpaired) electrons. The first-order valence-corrected chi connectivity index (χ1v) is 7.43. The predicted octanol–water partition coefficient (Wildman–Crippen LogP) is 0.0169. The Hall–Kier alpha value is -0.690. The normalized spacial score (nSPS) is 19.6. The number of halogens is 1. The molecule has 0 bridgehead atoms. The molecule has 1 aliphatic heterocycles. The Balaban J connectivity index is 0.00000147. The molecule has 20 heavy (non-hydrogen) atoms. The summed E-state index contributed by atoms with van der Waals surface area (Å²) in [5.74, 6) is 2.01. The van der Waals surface area contributed by atoms with Gasteiger partial charge in [0.1, 0.15) is 7.05 Å². The predicted molar refractivity (Wildman–Crippen MR) is 79.7 cm³/mol. The van der Waals surface area contributed by atoms with Crippen LogP contribution < -0.4 is 28.5 Å². The van der Waals surface area contributed by atoms with Crippen molar-refractivity contribution in [3.63, 3.8) is 0 Å². The molecule has 0 spiro atoms. The SMILES string of the molecule is CN1/C(=C/c2oc3ccccc3[n+]2C)SCC1(C)C.[I-]. The topological polar surface area (TPSA) is 20.3 Å². The Kier molecular flexibility index (Phi) is 4.39. The van der Waals surface area contributed by atoms with Crippen molar-refractivity contribution in [3.8, 4) is 0 Å². The third-order valence-corrected chi connectivity index (χ3v) is 5.37. The van der Waals surface area contributed by atoms with E-state index in [2.05, 4.69) is 42.5 Å². The maximum atomic E-state index is 5.92. The average molecular weight is 402 g/mol. The van der Waals surface area contributed by atoms with Gasteiger partial charge in [-0.15, -0.1) is 11.8 Å². The van der Waals surface area contributed by atoms with Crippen molar-refractivity contribution >= 4 is 28.9 Å². The average Bonchev–Trinajstić information content (AvgIpc) is 2.83. The van der Waals surface area contributed by atoms with Crippen LogP contribution >= 0.6 is 11.8 Å². The van der Waals surface area contributed by atoms with Crippen LogP contribution in [0.5, 0.6) is 0 Å². The molecule has 0 atom stereocenters. The molecule has 1 aromatic heterocycles. The second-order valence-electron chi connectivity index (χ2n) is 5.61. The minimum atomic E-state index is 0. The van der Waals surface area contributed by atoms with Crippen LogP contribution in [0.2, 0.25) is 0 Å². The van der Waals surface area contributed by atoms with Crippen LogP contribution in [0.25, 0.3) is 17.2 Å². The summed E-state index contributed by atoms with van der Waals surface area (Å²) in [7, 11) is 4.19. The molecule has 0 amide bonds. The van der Waals surface area contributed by atoms with Crippen LogP contribution in [0, 0.1) is 0 Å². The number of para-hydroxylation sites is 2. The number of rotatable bonds is 1. The van der Waals surface area contributed by atoms with E-state index in [4.69, 9.17) is 4.42 Å². The first-order chi connectivity index (χ1) is 8.99. The van der Waals surface area contributed by atoms with E-state index in [1.165, 1.54) is 5.03 Å². The molecule has 3 rings (SSSR count). The van der Waals surface area contributed by atoms with Gasteiger partial charge in [0.15, 0.2) is 0 Å². The van der Waals surface area contributed by atoms with Crippen LogP contribution in [-0.4, -0.2) is 23.2 Å². The fraction of sp³-hybridized carbons (Fsp3) is 0.400. The number of aryl methyl sites for hydroxylation is 1. The molecule has 1 fully saturated rings. The van der Waals surface area contributed by atoms with Crippen LogP contribution in [-0.2, 0) is 7.05 Å². The third-order valence-electron chi connectivity index (χ3n) is 3.83. The lowest BCUT2D eigenvalue weighted by molar-refractivity contribution is -0.652. The number of thioether (sulfide) groups is 1. The summed E-state index contributed by atoms with van der Waals surface area (Å²) in [6.45, 7) is 4.53. The fourth-order valence-electron chi connectivity index (χ4n) is 2.23. The van der Waals surface area contributed by atoms with Gasteiger partial charge in [-0.3, -0.25) is 0 Å². The van der Waals surface area contributed by atoms with Crippen molar-refractivity contribution in [1.29, 1.82) is 0 Å². The number of aromatic nitrogens is 1. The van der Waals surface area contributed by atoms with Crippen LogP contribution in [0.3, 0.4) is 0 Å². The maximum absolute atomic E-state index is 5.92. The fourth-order valence-corrected chi connectivity index (χ4v) is 3.55. The zero-order valence-electron chi connectivity index (χ0n) is 12.2.